The lowest BCUT2D eigenvalue weighted by molar-refractivity contribution is 0.307. The summed E-state index contributed by atoms with van der Waals surface area (Å²) in [4.78, 5) is 0. The molecule has 2 aromatic carbocycles. The second kappa shape index (κ2) is 5.82. The molecule has 0 amide bonds. The number of halogens is 3. The van der Waals surface area contributed by atoms with E-state index in [9.17, 15) is 8.78 Å². The molecular formula is C14H13F2IO. The van der Waals surface area contributed by atoms with Gasteiger partial charge in [0.2, 0.25) is 0 Å². The zero-order valence-corrected chi connectivity index (χ0v) is 12.1. The fourth-order valence-electron chi connectivity index (χ4n) is 1.73. The smallest absolute Gasteiger partial charge is 0.167 e. The lowest BCUT2D eigenvalue weighted by Crippen LogP contribution is -1.99. The predicted octanol–water partition coefficient (Wildman–Crippen LogP) is 4.90. The zero-order valence-electron chi connectivity index (χ0n) is 9.97. The van der Waals surface area contributed by atoms with E-state index >= 15 is 0 Å². The molecule has 0 fully saturated rings. The Hall–Kier alpha value is -0.910. The number of fused-ring (bicyclic) bond motifs is 1. The maximum atomic E-state index is 13.8. The largest absolute Gasteiger partial charge is 0.492 e. The summed E-state index contributed by atoms with van der Waals surface area (Å²) in [5.41, 5.74) is 0. The first-order chi connectivity index (χ1) is 8.65. The lowest BCUT2D eigenvalue weighted by Gasteiger charge is -2.10. The number of unbranched alkanes of at least 4 members (excludes halogenated alkanes) is 1. The van der Waals surface area contributed by atoms with Gasteiger partial charge in [0.25, 0.3) is 0 Å². The van der Waals surface area contributed by atoms with Gasteiger partial charge in [-0.25, -0.2) is 8.78 Å². The van der Waals surface area contributed by atoms with Crippen LogP contribution in [0.5, 0.6) is 5.75 Å². The minimum atomic E-state index is -0.828. The number of benzene rings is 2. The van der Waals surface area contributed by atoms with Gasteiger partial charge in [-0.15, -0.1) is 0 Å². The second-order valence-electron chi connectivity index (χ2n) is 4.04. The van der Waals surface area contributed by atoms with Crippen LogP contribution in [0.25, 0.3) is 10.8 Å². The number of hydrogen-bond acceptors (Lipinski definition) is 1. The molecule has 0 radical (unpaired) electrons. The Morgan fingerprint density at radius 1 is 1.17 bits per heavy atom. The van der Waals surface area contributed by atoms with Gasteiger partial charge in [0, 0.05) is 5.39 Å². The van der Waals surface area contributed by atoms with Crippen molar-refractivity contribution in [1.29, 1.82) is 0 Å². The van der Waals surface area contributed by atoms with Crippen molar-refractivity contribution in [1.82, 2.24) is 0 Å². The topological polar surface area (TPSA) is 9.23 Å². The molecule has 0 N–H and O–H groups in total. The van der Waals surface area contributed by atoms with Crippen LogP contribution in [-0.2, 0) is 0 Å². The highest BCUT2D eigenvalue weighted by molar-refractivity contribution is 14.1. The maximum absolute atomic E-state index is 13.8. The van der Waals surface area contributed by atoms with Gasteiger partial charge in [0.1, 0.15) is 5.75 Å². The van der Waals surface area contributed by atoms with Crippen LogP contribution in [0, 0.1) is 15.2 Å². The van der Waals surface area contributed by atoms with Crippen LogP contribution >= 0.6 is 22.6 Å². The first-order valence-electron chi connectivity index (χ1n) is 5.84. The van der Waals surface area contributed by atoms with Gasteiger partial charge in [-0.3, -0.25) is 0 Å². The van der Waals surface area contributed by atoms with Gasteiger partial charge in [0.05, 0.1) is 10.2 Å². The zero-order chi connectivity index (χ0) is 13.1. The van der Waals surface area contributed by atoms with E-state index in [1.54, 1.807) is 18.2 Å². The molecule has 0 saturated heterocycles. The summed E-state index contributed by atoms with van der Waals surface area (Å²) in [5.74, 6) is -1.02. The van der Waals surface area contributed by atoms with E-state index in [4.69, 9.17) is 4.74 Å². The fourth-order valence-corrected chi connectivity index (χ4v) is 2.61. The summed E-state index contributed by atoms with van der Waals surface area (Å²) in [6.07, 6.45) is 1.98. The van der Waals surface area contributed by atoms with Gasteiger partial charge >= 0.3 is 0 Å². The molecule has 0 aliphatic heterocycles. The van der Waals surface area contributed by atoms with Gasteiger partial charge in [-0.2, -0.15) is 0 Å². The van der Waals surface area contributed by atoms with E-state index in [2.05, 4.69) is 6.92 Å². The summed E-state index contributed by atoms with van der Waals surface area (Å²) >= 11 is 2.00. The van der Waals surface area contributed by atoms with Crippen LogP contribution in [0.1, 0.15) is 19.8 Å². The van der Waals surface area contributed by atoms with Crippen LogP contribution in [0.15, 0.2) is 24.3 Å². The Labute approximate surface area is 118 Å². The van der Waals surface area contributed by atoms with Crippen molar-refractivity contribution in [2.24, 2.45) is 0 Å². The molecule has 0 bridgehead atoms. The van der Waals surface area contributed by atoms with Crippen LogP contribution < -0.4 is 4.74 Å². The average Bonchev–Trinajstić information content (AvgIpc) is 2.36. The molecule has 0 spiro atoms. The van der Waals surface area contributed by atoms with Crippen molar-refractivity contribution in [3.63, 3.8) is 0 Å². The summed E-state index contributed by atoms with van der Waals surface area (Å²) in [6.45, 7) is 2.67. The molecular weight excluding hydrogens is 349 g/mol. The van der Waals surface area contributed by atoms with Crippen molar-refractivity contribution in [2.45, 2.75) is 19.8 Å². The normalized spacial score (nSPS) is 10.9. The third-order valence-corrected chi connectivity index (χ3v) is 3.80. The molecule has 4 heteroatoms. The summed E-state index contributed by atoms with van der Waals surface area (Å²) in [7, 11) is 0. The first-order valence-corrected chi connectivity index (χ1v) is 6.92. The highest BCUT2D eigenvalue weighted by Gasteiger charge is 2.13. The molecule has 0 saturated carbocycles. The minimum Gasteiger partial charge on any atom is -0.492 e. The Morgan fingerprint density at radius 2 is 1.89 bits per heavy atom. The summed E-state index contributed by atoms with van der Waals surface area (Å²) in [6, 6.07) is 6.27. The molecule has 0 heterocycles. The fraction of sp³-hybridized carbons (Fsp3) is 0.286. The van der Waals surface area contributed by atoms with Crippen LogP contribution in [0.2, 0.25) is 0 Å². The third kappa shape index (κ3) is 2.58. The van der Waals surface area contributed by atoms with E-state index in [-0.39, 0.29) is 0 Å². The quantitative estimate of drug-likeness (QED) is 0.555. The predicted molar refractivity (Wildman–Crippen MR) is 77.0 cm³/mol. The Bertz CT molecular complexity index is 569. The SMILES string of the molecule is CCCCOc1ccc2ccc(F)c(F)c2c1I. The Kier molecular flexibility index (Phi) is 4.37. The van der Waals surface area contributed by atoms with E-state index in [0.29, 0.717) is 26.7 Å². The van der Waals surface area contributed by atoms with Crippen LogP contribution in [0.4, 0.5) is 8.78 Å². The molecule has 0 atom stereocenters. The van der Waals surface area contributed by atoms with Crippen molar-refractivity contribution in [3.8, 4) is 5.75 Å². The standard InChI is InChI=1S/C14H13F2IO/c1-2-3-8-18-11-7-5-9-4-6-10(15)13(16)12(9)14(11)17/h4-7H,2-3,8H2,1H3. The molecule has 96 valence electrons. The minimum absolute atomic E-state index is 0.296. The molecule has 1 nitrogen and oxygen atoms in total. The monoisotopic (exact) mass is 362 g/mol. The van der Waals surface area contributed by atoms with Crippen molar-refractivity contribution < 1.29 is 13.5 Å². The van der Waals surface area contributed by atoms with Gasteiger partial charge in [-0.1, -0.05) is 25.5 Å². The van der Waals surface area contributed by atoms with Crippen molar-refractivity contribution in [3.05, 3.63) is 39.5 Å². The molecule has 2 aromatic rings. The lowest BCUT2D eigenvalue weighted by atomic mass is 10.1. The highest BCUT2D eigenvalue weighted by atomic mass is 127. The molecule has 0 aliphatic rings. The number of rotatable bonds is 4. The number of hydrogen-bond donors (Lipinski definition) is 0. The van der Waals surface area contributed by atoms with Crippen LogP contribution in [0.3, 0.4) is 0 Å². The third-order valence-electron chi connectivity index (χ3n) is 2.73. The van der Waals surface area contributed by atoms with Crippen LogP contribution in [-0.4, -0.2) is 6.61 Å². The van der Waals surface area contributed by atoms with Gasteiger partial charge in [0.15, 0.2) is 11.6 Å². The Morgan fingerprint density at radius 3 is 2.61 bits per heavy atom. The average molecular weight is 362 g/mol. The molecule has 18 heavy (non-hydrogen) atoms. The molecule has 0 aliphatic carbocycles. The highest BCUT2D eigenvalue weighted by Crippen LogP contribution is 2.32. The van der Waals surface area contributed by atoms with E-state index < -0.39 is 11.6 Å². The molecule has 2 rings (SSSR count). The van der Waals surface area contributed by atoms with E-state index in [0.717, 1.165) is 18.9 Å². The molecule has 0 aromatic heterocycles. The maximum Gasteiger partial charge on any atom is 0.167 e. The van der Waals surface area contributed by atoms with Crippen molar-refractivity contribution in [2.75, 3.05) is 6.61 Å². The van der Waals surface area contributed by atoms with Gasteiger partial charge < -0.3 is 4.74 Å². The second-order valence-corrected chi connectivity index (χ2v) is 5.12. The first kappa shape index (κ1) is 13.5. The number of ether oxygens (including phenoxy) is 1. The van der Waals surface area contributed by atoms with E-state index in [1.165, 1.54) is 0 Å². The Balaban J connectivity index is 2.45. The summed E-state index contributed by atoms with van der Waals surface area (Å²) < 4.78 is 33.2. The molecule has 0 unspecified atom stereocenters. The van der Waals surface area contributed by atoms with Crippen molar-refractivity contribution >= 4 is 33.4 Å². The van der Waals surface area contributed by atoms with E-state index in [1.807, 2.05) is 22.6 Å². The summed E-state index contributed by atoms with van der Waals surface area (Å²) in [5, 5.41) is 0.978. The van der Waals surface area contributed by atoms with Gasteiger partial charge in [-0.05, 0) is 46.5 Å².